The summed E-state index contributed by atoms with van der Waals surface area (Å²) in [6, 6.07) is 8.41. The molecule has 0 aliphatic carbocycles. The summed E-state index contributed by atoms with van der Waals surface area (Å²) in [5, 5.41) is 0. The van der Waals surface area contributed by atoms with Crippen LogP contribution in [-0.4, -0.2) is 6.54 Å². The molecule has 5 heteroatoms. The molecule has 0 radical (unpaired) electrons. The number of halogens is 3. The lowest BCUT2D eigenvalue weighted by molar-refractivity contribution is 0.432. The summed E-state index contributed by atoms with van der Waals surface area (Å²) in [4.78, 5) is 0. The smallest absolute Gasteiger partial charge is 0.165 e. The highest BCUT2D eigenvalue weighted by atomic mass is 79.9. The summed E-state index contributed by atoms with van der Waals surface area (Å²) in [5.74, 6) is -0.823. The van der Waals surface area contributed by atoms with Gasteiger partial charge in [0.1, 0.15) is 11.6 Å². The van der Waals surface area contributed by atoms with Crippen molar-refractivity contribution in [3.63, 3.8) is 0 Å². The molecule has 0 amide bonds. The molecular formula is C14H12BrF2NO. The molecule has 0 unspecified atom stereocenters. The Morgan fingerprint density at radius 3 is 2.58 bits per heavy atom. The zero-order valence-electron chi connectivity index (χ0n) is 10.00. The van der Waals surface area contributed by atoms with E-state index in [-0.39, 0.29) is 5.75 Å². The molecule has 0 saturated heterocycles. The molecule has 2 aromatic rings. The van der Waals surface area contributed by atoms with Gasteiger partial charge >= 0.3 is 0 Å². The maximum atomic E-state index is 13.5. The molecule has 0 aromatic heterocycles. The minimum absolute atomic E-state index is 0.138. The minimum Gasteiger partial charge on any atom is -0.454 e. The Bertz CT molecular complexity index is 590. The second kappa shape index (κ2) is 6.12. The zero-order valence-corrected chi connectivity index (χ0v) is 11.6. The van der Waals surface area contributed by atoms with Gasteiger partial charge in [-0.1, -0.05) is 15.9 Å². The first-order valence-electron chi connectivity index (χ1n) is 5.71. The van der Waals surface area contributed by atoms with E-state index in [9.17, 15) is 8.78 Å². The summed E-state index contributed by atoms with van der Waals surface area (Å²) in [6.07, 6.45) is 0.589. The summed E-state index contributed by atoms with van der Waals surface area (Å²) in [5.41, 5.74) is 6.36. The van der Waals surface area contributed by atoms with E-state index < -0.39 is 11.6 Å². The van der Waals surface area contributed by atoms with Gasteiger partial charge in [0, 0.05) is 10.5 Å². The van der Waals surface area contributed by atoms with Crippen molar-refractivity contribution in [2.45, 2.75) is 6.42 Å². The third-order valence-electron chi connectivity index (χ3n) is 2.55. The van der Waals surface area contributed by atoms with Crippen molar-refractivity contribution in [3.8, 4) is 11.5 Å². The largest absolute Gasteiger partial charge is 0.454 e. The average Bonchev–Trinajstić information content (AvgIpc) is 2.37. The van der Waals surface area contributed by atoms with Gasteiger partial charge in [-0.25, -0.2) is 8.78 Å². The van der Waals surface area contributed by atoms with Crippen molar-refractivity contribution < 1.29 is 13.5 Å². The van der Waals surface area contributed by atoms with Crippen molar-refractivity contribution in [1.29, 1.82) is 0 Å². The summed E-state index contributed by atoms with van der Waals surface area (Å²) >= 11 is 3.35. The van der Waals surface area contributed by atoms with Crippen LogP contribution in [0.4, 0.5) is 8.78 Å². The summed E-state index contributed by atoms with van der Waals surface area (Å²) in [7, 11) is 0. The molecule has 0 bridgehead atoms. The quantitative estimate of drug-likeness (QED) is 0.920. The molecule has 0 aliphatic rings. The van der Waals surface area contributed by atoms with Gasteiger partial charge in [-0.15, -0.1) is 0 Å². The Morgan fingerprint density at radius 1 is 1.05 bits per heavy atom. The number of benzene rings is 2. The Balaban J connectivity index is 2.34. The highest BCUT2D eigenvalue weighted by Gasteiger charge is 2.10. The highest BCUT2D eigenvalue weighted by Crippen LogP contribution is 2.30. The highest BCUT2D eigenvalue weighted by molar-refractivity contribution is 9.10. The van der Waals surface area contributed by atoms with Crippen molar-refractivity contribution in [3.05, 3.63) is 58.1 Å². The van der Waals surface area contributed by atoms with Crippen LogP contribution in [0.3, 0.4) is 0 Å². The molecule has 2 N–H and O–H groups in total. The third-order valence-corrected chi connectivity index (χ3v) is 3.04. The number of ether oxygens (including phenoxy) is 1. The van der Waals surface area contributed by atoms with Gasteiger partial charge in [-0.2, -0.15) is 0 Å². The van der Waals surface area contributed by atoms with Crippen LogP contribution in [0.5, 0.6) is 11.5 Å². The van der Waals surface area contributed by atoms with Gasteiger partial charge in [-0.05, 0) is 48.9 Å². The van der Waals surface area contributed by atoms with E-state index in [2.05, 4.69) is 15.9 Å². The standard InChI is InChI=1S/C14H12BrF2NO/c15-10-1-4-13(9(7-10)5-6-18)19-14-8-11(16)2-3-12(14)17/h1-4,7-8H,5-6,18H2. The Morgan fingerprint density at radius 2 is 1.84 bits per heavy atom. The van der Waals surface area contributed by atoms with Crippen LogP contribution in [0.1, 0.15) is 5.56 Å². The molecular weight excluding hydrogens is 316 g/mol. The molecule has 0 aliphatic heterocycles. The lowest BCUT2D eigenvalue weighted by atomic mass is 10.1. The van der Waals surface area contributed by atoms with Crippen LogP contribution < -0.4 is 10.5 Å². The fourth-order valence-corrected chi connectivity index (χ4v) is 2.08. The first-order chi connectivity index (χ1) is 9.10. The lowest BCUT2D eigenvalue weighted by Crippen LogP contribution is -2.04. The zero-order chi connectivity index (χ0) is 13.8. The van der Waals surface area contributed by atoms with E-state index in [4.69, 9.17) is 10.5 Å². The van der Waals surface area contributed by atoms with Gasteiger partial charge < -0.3 is 10.5 Å². The topological polar surface area (TPSA) is 35.2 Å². The lowest BCUT2D eigenvalue weighted by Gasteiger charge is -2.12. The minimum atomic E-state index is -0.608. The van der Waals surface area contributed by atoms with Crippen molar-refractivity contribution in [1.82, 2.24) is 0 Å². The van der Waals surface area contributed by atoms with Crippen molar-refractivity contribution in [2.24, 2.45) is 5.73 Å². The normalized spacial score (nSPS) is 10.5. The average molecular weight is 328 g/mol. The van der Waals surface area contributed by atoms with E-state index >= 15 is 0 Å². The SMILES string of the molecule is NCCc1cc(Br)ccc1Oc1cc(F)ccc1F. The van der Waals surface area contributed by atoms with Gasteiger partial charge in [0.2, 0.25) is 0 Å². The first-order valence-corrected chi connectivity index (χ1v) is 6.51. The van der Waals surface area contributed by atoms with E-state index in [1.54, 1.807) is 12.1 Å². The van der Waals surface area contributed by atoms with Crippen LogP contribution in [-0.2, 0) is 6.42 Å². The van der Waals surface area contributed by atoms with Gasteiger partial charge in [-0.3, -0.25) is 0 Å². The molecule has 0 heterocycles. The van der Waals surface area contributed by atoms with Crippen LogP contribution in [0.25, 0.3) is 0 Å². The van der Waals surface area contributed by atoms with Crippen LogP contribution >= 0.6 is 15.9 Å². The Hall–Kier alpha value is -1.46. The molecule has 0 fully saturated rings. The van der Waals surface area contributed by atoms with Crippen LogP contribution in [0, 0.1) is 11.6 Å². The van der Waals surface area contributed by atoms with Crippen molar-refractivity contribution >= 4 is 15.9 Å². The number of hydrogen-bond acceptors (Lipinski definition) is 2. The van der Waals surface area contributed by atoms with E-state index in [0.717, 1.165) is 28.2 Å². The van der Waals surface area contributed by atoms with Crippen molar-refractivity contribution in [2.75, 3.05) is 6.54 Å². The number of nitrogens with two attached hydrogens (primary N) is 1. The monoisotopic (exact) mass is 327 g/mol. The Kier molecular flexibility index (Phi) is 4.50. The maximum Gasteiger partial charge on any atom is 0.165 e. The molecule has 0 atom stereocenters. The molecule has 0 spiro atoms. The fourth-order valence-electron chi connectivity index (χ4n) is 1.67. The molecule has 19 heavy (non-hydrogen) atoms. The van der Waals surface area contributed by atoms with Gasteiger partial charge in [0.25, 0.3) is 0 Å². The third kappa shape index (κ3) is 3.52. The molecule has 2 rings (SSSR count). The summed E-state index contributed by atoms with van der Waals surface area (Å²) < 4.78 is 32.9. The maximum absolute atomic E-state index is 13.5. The van der Waals surface area contributed by atoms with E-state index in [1.807, 2.05) is 6.07 Å². The van der Waals surface area contributed by atoms with Gasteiger partial charge in [0.05, 0.1) is 0 Å². The predicted molar refractivity (Wildman–Crippen MR) is 73.3 cm³/mol. The predicted octanol–water partition coefficient (Wildman–Crippen LogP) is 4.02. The molecule has 2 nitrogen and oxygen atoms in total. The molecule has 100 valence electrons. The molecule has 0 saturated carbocycles. The van der Waals surface area contributed by atoms with E-state index in [1.165, 1.54) is 0 Å². The first kappa shape index (κ1) is 14.0. The number of rotatable bonds is 4. The van der Waals surface area contributed by atoms with Crippen LogP contribution in [0.15, 0.2) is 40.9 Å². The fraction of sp³-hybridized carbons (Fsp3) is 0.143. The van der Waals surface area contributed by atoms with Gasteiger partial charge in [0.15, 0.2) is 11.6 Å². The second-order valence-electron chi connectivity index (χ2n) is 3.97. The summed E-state index contributed by atoms with van der Waals surface area (Å²) in [6.45, 7) is 0.443. The second-order valence-corrected chi connectivity index (χ2v) is 4.88. The van der Waals surface area contributed by atoms with E-state index in [0.29, 0.717) is 18.7 Å². The molecule has 2 aromatic carbocycles. The Labute approximate surface area is 118 Å². The van der Waals surface area contributed by atoms with Crippen LogP contribution in [0.2, 0.25) is 0 Å². The number of hydrogen-bond donors (Lipinski definition) is 1.